The average molecular weight is 491 g/mol. The van der Waals surface area contributed by atoms with E-state index in [4.69, 9.17) is 18.6 Å². The number of tetrazole rings is 1. The molecule has 10 heteroatoms. The van der Waals surface area contributed by atoms with Gasteiger partial charge in [-0.15, -0.1) is 5.10 Å². The van der Waals surface area contributed by atoms with Crippen molar-refractivity contribution in [2.24, 2.45) is 0 Å². The molecule has 0 amide bonds. The van der Waals surface area contributed by atoms with Crippen LogP contribution in [0.2, 0.25) is 0 Å². The van der Waals surface area contributed by atoms with Gasteiger partial charge in [-0.1, -0.05) is 0 Å². The summed E-state index contributed by atoms with van der Waals surface area (Å²) >= 11 is 0. The highest BCUT2D eigenvalue weighted by atomic mass is 16.5. The number of hydrogen-bond donors (Lipinski definition) is 0. The van der Waals surface area contributed by atoms with Crippen molar-refractivity contribution >= 4 is 5.69 Å². The molecular weight excluding hydrogens is 460 g/mol. The number of anilines is 1. The third-order valence-corrected chi connectivity index (χ3v) is 6.54. The van der Waals surface area contributed by atoms with Crippen LogP contribution < -0.4 is 19.1 Å². The molecule has 0 N–H and O–H groups in total. The van der Waals surface area contributed by atoms with E-state index < -0.39 is 0 Å². The van der Waals surface area contributed by atoms with Crippen LogP contribution in [0.4, 0.5) is 5.69 Å². The highest BCUT2D eigenvalue weighted by molar-refractivity contribution is 5.50. The lowest BCUT2D eigenvalue weighted by Gasteiger charge is -2.40. The van der Waals surface area contributed by atoms with E-state index in [1.54, 1.807) is 32.3 Å². The summed E-state index contributed by atoms with van der Waals surface area (Å²) in [6, 6.07) is 17.6. The number of methoxy groups -OCH3 is 3. The van der Waals surface area contributed by atoms with Gasteiger partial charge < -0.3 is 23.5 Å². The minimum Gasteiger partial charge on any atom is -0.497 e. The summed E-state index contributed by atoms with van der Waals surface area (Å²) in [7, 11) is 5.02. The summed E-state index contributed by atoms with van der Waals surface area (Å²) in [5.74, 6) is 3.86. The SMILES string of the molecule is COc1ccc(N2CCN([C@@H](c3cc(OC)ccc3OC)c3nnnn3Cc3ccco3)CC2)cc1. The standard InChI is InChI=1S/C26H30N6O4/c1-33-20-8-6-19(7-9-20)30-12-14-31(15-13-30)25(23-17-21(34-2)10-11-24(23)35-3)26-27-28-29-32(26)18-22-5-4-16-36-22/h4-11,16-17,25H,12-15,18H2,1-3H3/t25-/m0/s1. The summed E-state index contributed by atoms with van der Waals surface area (Å²) in [4.78, 5) is 4.77. The van der Waals surface area contributed by atoms with Gasteiger partial charge in [0, 0.05) is 37.4 Å². The van der Waals surface area contributed by atoms with Crippen molar-refractivity contribution in [2.75, 3.05) is 52.4 Å². The van der Waals surface area contributed by atoms with Crippen molar-refractivity contribution < 1.29 is 18.6 Å². The molecule has 1 aliphatic heterocycles. The number of rotatable bonds is 9. The Morgan fingerprint density at radius 2 is 1.64 bits per heavy atom. The van der Waals surface area contributed by atoms with Crippen LogP contribution >= 0.6 is 0 Å². The molecule has 10 nitrogen and oxygen atoms in total. The highest BCUT2D eigenvalue weighted by Gasteiger charge is 2.33. The molecule has 1 saturated heterocycles. The molecular formula is C26H30N6O4. The van der Waals surface area contributed by atoms with Gasteiger partial charge in [-0.3, -0.25) is 4.90 Å². The Hall–Kier alpha value is -4.05. The maximum absolute atomic E-state index is 5.77. The molecule has 0 spiro atoms. The minimum absolute atomic E-state index is 0.238. The fourth-order valence-electron chi connectivity index (χ4n) is 4.65. The molecule has 36 heavy (non-hydrogen) atoms. The maximum atomic E-state index is 5.77. The van der Waals surface area contributed by atoms with Crippen LogP contribution in [0.25, 0.3) is 0 Å². The van der Waals surface area contributed by atoms with Crippen LogP contribution in [0, 0.1) is 0 Å². The first kappa shape index (κ1) is 23.7. The second-order valence-corrected chi connectivity index (χ2v) is 8.51. The van der Waals surface area contributed by atoms with Gasteiger partial charge in [-0.05, 0) is 65.0 Å². The van der Waals surface area contributed by atoms with Crippen LogP contribution in [-0.4, -0.2) is 72.6 Å². The Bertz CT molecular complexity index is 1250. The van der Waals surface area contributed by atoms with Crippen LogP contribution in [0.5, 0.6) is 17.2 Å². The van der Waals surface area contributed by atoms with Crippen molar-refractivity contribution in [2.45, 2.75) is 12.6 Å². The van der Waals surface area contributed by atoms with E-state index in [2.05, 4.69) is 37.5 Å². The number of ether oxygens (including phenoxy) is 3. The predicted molar refractivity (Wildman–Crippen MR) is 134 cm³/mol. The molecule has 1 aliphatic rings. The molecule has 0 aliphatic carbocycles. The third kappa shape index (κ3) is 4.85. The fourth-order valence-corrected chi connectivity index (χ4v) is 4.65. The zero-order valence-corrected chi connectivity index (χ0v) is 20.7. The monoisotopic (exact) mass is 490 g/mol. The molecule has 0 saturated carbocycles. The lowest BCUT2D eigenvalue weighted by atomic mass is 10.0. The van der Waals surface area contributed by atoms with E-state index in [0.717, 1.165) is 60.6 Å². The Kier molecular flexibility index (Phi) is 7.03. The smallest absolute Gasteiger partial charge is 0.173 e. The van der Waals surface area contributed by atoms with Gasteiger partial charge in [0.1, 0.15) is 35.6 Å². The van der Waals surface area contributed by atoms with Gasteiger partial charge in [0.05, 0.1) is 27.6 Å². The topological polar surface area (TPSA) is 90.9 Å². The first-order chi connectivity index (χ1) is 17.7. The van der Waals surface area contributed by atoms with Gasteiger partial charge in [0.15, 0.2) is 5.82 Å². The first-order valence-corrected chi connectivity index (χ1v) is 11.8. The van der Waals surface area contributed by atoms with E-state index in [1.165, 1.54) is 5.69 Å². The number of benzene rings is 2. The Morgan fingerprint density at radius 1 is 0.889 bits per heavy atom. The summed E-state index contributed by atoms with van der Waals surface area (Å²) in [6.45, 7) is 3.77. The number of piperazine rings is 1. The second-order valence-electron chi connectivity index (χ2n) is 8.51. The lowest BCUT2D eigenvalue weighted by molar-refractivity contribution is 0.197. The Labute approximate surface area is 210 Å². The summed E-state index contributed by atoms with van der Waals surface area (Å²) in [5, 5.41) is 12.8. The van der Waals surface area contributed by atoms with Crippen molar-refractivity contribution in [3.05, 3.63) is 78.0 Å². The van der Waals surface area contributed by atoms with E-state index >= 15 is 0 Å². The molecule has 188 valence electrons. The van der Waals surface area contributed by atoms with E-state index in [0.29, 0.717) is 6.54 Å². The van der Waals surface area contributed by atoms with Gasteiger partial charge in [0.25, 0.3) is 0 Å². The molecule has 4 aromatic rings. The maximum Gasteiger partial charge on any atom is 0.173 e. The largest absolute Gasteiger partial charge is 0.497 e. The molecule has 0 unspecified atom stereocenters. The van der Waals surface area contributed by atoms with Crippen molar-refractivity contribution in [1.82, 2.24) is 25.1 Å². The second kappa shape index (κ2) is 10.7. The molecule has 1 atom stereocenters. The number of nitrogens with zero attached hydrogens (tertiary/aromatic N) is 6. The minimum atomic E-state index is -0.238. The molecule has 2 aromatic carbocycles. The first-order valence-electron chi connectivity index (χ1n) is 11.8. The zero-order chi connectivity index (χ0) is 24.9. The molecule has 3 heterocycles. The highest BCUT2D eigenvalue weighted by Crippen LogP contribution is 2.37. The molecule has 2 aromatic heterocycles. The lowest BCUT2D eigenvalue weighted by Crippen LogP contribution is -2.48. The van der Waals surface area contributed by atoms with Crippen molar-refractivity contribution in [3.8, 4) is 17.2 Å². The van der Waals surface area contributed by atoms with Crippen LogP contribution in [0.15, 0.2) is 65.3 Å². The summed E-state index contributed by atoms with van der Waals surface area (Å²) < 4.78 is 24.0. The van der Waals surface area contributed by atoms with E-state index in [9.17, 15) is 0 Å². The molecule has 1 fully saturated rings. The van der Waals surface area contributed by atoms with Crippen LogP contribution in [-0.2, 0) is 6.54 Å². The average Bonchev–Trinajstić information content (AvgIpc) is 3.62. The molecule has 5 rings (SSSR count). The quantitative estimate of drug-likeness (QED) is 0.351. The van der Waals surface area contributed by atoms with Gasteiger partial charge >= 0.3 is 0 Å². The van der Waals surface area contributed by atoms with E-state index in [1.807, 2.05) is 42.5 Å². The molecule has 0 radical (unpaired) electrons. The zero-order valence-electron chi connectivity index (χ0n) is 20.7. The number of furan rings is 1. The van der Waals surface area contributed by atoms with Crippen molar-refractivity contribution in [1.29, 1.82) is 0 Å². The predicted octanol–water partition coefficient (Wildman–Crippen LogP) is 3.25. The Morgan fingerprint density at radius 3 is 2.31 bits per heavy atom. The Balaban J connectivity index is 1.47. The van der Waals surface area contributed by atoms with Gasteiger partial charge in [-0.25, -0.2) is 4.68 Å². The number of hydrogen-bond acceptors (Lipinski definition) is 9. The summed E-state index contributed by atoms with van der Waals surface area (Å²) in [6.07, 6.45) is 1.65. The molecule has 0 bridgehead atoms. The van der Waals surface area contributed by atoms with Crippen LogP contribution in [0.3, 0.4) is 0 Å². The van der Waals surface area contributed by atoms with Crippen molar-refractivity contribution in [3.63, 3.8) is 0 Å². The fraction of sp³-hybridized carbons (Fsp3) is 0.346. The van der Waals surface area contributed by atoms with E-state index in [-0.39, 0.29) is 6.04 Å². The summed E-state index contributed by atoms with van der Waals surface area (Å²) in [5.41, 5.74) is 2.12. The van der Waals surface area contributed by atoms with Gasteiger partial charge in [-0.2, -0.15) is 0 Å². The normalized spacial score (nSPS) is 15.0. The number of aromatic nitrogens is 4. The third-order valence-electron chi connectivity index (χ3n) is 6.54. The van der Waals surface area contributed by atoms with Crippen LogP contribution in [0.1, 0.15) is 23.2 Å². The van der Waals surface area contributed by atoms with Gasteiger partial charge in [0.2, 0.25) is 0 Å².